The molecule has 0 saturated carbocycles. The van der Waals surface area contributed by atoms with Crippen LogP contribution in [0.2, 0.25) is 0 Å². The number of hydrazine groups is 2. The average molecular weight is 110 g/mol. The summed E-state index contributed by atoms with van der Waals surface area (Å²) in [6.07, 6.45) is 1.62. The minimum atomic E-state index is 0.587. The van der Waals surface area contributed by atoms with E-state index in [9.17, 15) is 0 Å². The van der Waals surface area contributed by atoms with E-state index in [2.05, 4.69) is 16.4 Å². The molecule has 0 aliphatic carbocycles. The number of nitrogens with zero attached hydrogens (tertiary/aromatic N) is 1. The summed E-state index contributed by atoms with van der Waals surface area (Å²) in [6.45, 7) is 0.587. The highest BCUT2D eigenvalue weighted by Crippen LogP contribution is 1.86. The minimum absolute atomic E-state index is 0.587. The first-order chi connectivity index (χ1) is 3.93. The van der Waals surface area contributed by atoms with Gasteiger partial charge in [0.05, 0.1) is 11.6 Å². The SMILES string of the molecule is N#CC1=CNNNC1. The fourth-order valence-corrected chi connectivity index (χ4v) is 0.436. The van der Waals surface area contributed by atoms with Crippen molar-refractivity contribution in [1.29, 1.82) is 5.26 Å². The summed E-state index contributed by atoms with van der Waals surface area (Å²) in [6, 6.07) is 2.00. The first kappa shape index (κ1) is 5.09. The lowest BCUT2D eigenvalue weighted by Gasteiger charge is -2.10. The van der Waals surface area contributed by atoms with Gasteiger partial charge in [-0.05, 0) is 0 Å². The molecule has 1 rings (SSSR count). The van der Waals surface area contributed by atoms with Gasteiger partial charge in [0, 0.05) is 12.7 Å². The maximum atomic E-state index is 8.26. The molecule has 8 heavy (non-hydrogen) atoms. The van der Waals surface area contributed by atoms with Crippen LogP contribution < -0.4 is 16.4 Å². The number of nitriles is 1. The highest BCUT2D eigenvalue weighted by molar-refractivity contribution is 5.21. The summed E-state index contributed by atoms with van der Waals surface area (Å²) in [7, 11) is 0. The van der Waals surface area contributed by atoms with E-state index in [1.807, 2.05) is 6.07 Å². The maximum Gasteiger partial charge on any atom is 0.0977 e. The van der Waals surface area contributed by atoms with Crippen molar-refractivity contribution in [3.8, 4) is 6.07 Å². The second-order valence-corrected chi connectivity index (χ2v) is 1.40. The monoisotopic (exact) mass is 110 g/mol. The van der Waals surface area contributed by atoms with Crippen molar-refractivity contribution in [1.82, 2.24) is 16.4 Å². The summed E-state index contributed by atoms with van der Waals surface area (Å²) in [5.74, 6) is 0. The number of rotatable bonds is 0. The zero-order chi connectivity index (χ0) is 5.82. The first-order valence-corrected chi connectivity index (χ1v) is 2.26. The number of hydrogen-bond acceptors (Lipinski definition) is 4. The van der Waals surface area contributed by atoms with Crippen LogP contribution in [0.15, 0.2) is 11.8 Å². The van der Waals surface area contributed by atoms with Gasteiger partial charge in [-0.1, -0.05) is 0 Å². The molecule has 0 saturated heterocycles. The number of hydrogen-bond donors (Lipinski definition) is 3. The Balaban J connectivity index is 2.53. The van der Waals surface area contributed by atoms with Crippen LogP contribution in [0, 0.1) is 11.3 Å². The zero-order valence-electron chi connectivity index (χ0n) is 4.23. The van der Waals surface area contributed by atoms with Crippen molar-refractivity contribution in [2.24, 2.45) is 0 Å². The molecular formula is C4H6N4. The molecule has 4 heteroatoms. The summed E-state index contributed by atoms with van der Waals surface area (Å²) in [4.78, 5) is 0. The van der Waals surface area contributed by atoms with Gasteiger partial charge < -0.3 is 5.43 Å². The van der Waals surface area contributed by atoms with E-state index >= 15 is 0 Å². The molecule has 0 atom stereocenters. The summed E-state index contributed by atoms with van der Waals surface area (Å²) in [5.41, 5.74) is 8.69. The Hall–Kier alpha value is -1.05. The van der Waals surface area contributed by atoms with Crippen molar-refractivity contribution < 1.29 is 0 Å². The summed E-state index contributed by atoms with van der Waals surface area (Å²) in [5, 5.41) is 8.26. The van der Waals surface area contributed by atoms with Gasteiger partial charge in [-0.3, -0.25) is 0 Å². The van der Waals surface area contributed by atoms with Crippen LogP contribution in [-0.2, 0) is 0 Å². The third kappa shape index (κ3) is 0.964. The van der Waals surface area contributed by atoms with Crippen molar-refractivity contribution in [3.63, 3.8) is 0 Å². The Bertz CT molecular complexity index is 143. The minimum Gasteiger partial charge on any atom is -0.314 e. The fourth-order valence-electron chi connectivity index (χ4n) is 0.436. The number of nitrogens with one attached hydrogen (secondary N) is 3. The van der Waals surface area contributed by atoms with E-state index in [0.717, 1.165) is 0 Å². The van der Waals surface area contributed by atoms with Crippen LogP contribution in [0.1, 0.15) is 0 Å². The van der Waals surface area contributed by atoms with Crippen molar-refractivity contribution >= 4 is 0 Å². The van der Waals surface area contributed by atoms with Gasteiger partial charge in [-0.15, -0.1) is 0 Å². The molecule has 1 heterocycles. The lowest BCUT2D eigenvalue weighted by atomic mass is 10.3. The van der Waals surface area contributed by atoms with Crippen LogP contribution in [0.3, 0.4) is 0 Å². The van der Waals surface area contributed by atoms with E-state index < -0.39 is 0 Å². The predicted octanol–water partition coefficient (Wildman–Crippen LogP) is -0.994. The molecule has 1 aliphatic heterocycles. The third-order valence-electron chi connectivity index (χ3n) is 0.829. The van der Waals surface area contributed by atoms with Crippen LogP contribution >= 0.6 is 0 Å². The fraction of sp³-hybridized carbons (Fsp3) is 0.250. The van der Waals surface area contributed by atoms with Gasteiger partial charge in [-0.2, -0.15) is 10.8 Å². The van der Waals surface area contributed by atoms with Crippen LogP contribution in [0.4, 0.5) is 0 Å². The van der Waals surface area contributed by atoms with Gasteiger partial charge in [0.1, 0.15) is 0 Å². The standard InChI is InChI=1S/C4H6N4/c5-1-4-2-6-8-7-3-4/h2,6-8H,3H2. The van der Waals surface area contributed by atoms with E-state index in [-0.39, 0.29) is 0 Å². The quantitative estimate of drug-likeness (QED) is 0.374. The molecule has 42 valence electrons. The van der Waals surface area contributed by atoms with Crippen LogP contribution in [-0.4, -0.2) is 6.54 Å². The molecule has 0 spiro atoms. The molecule has 3 N–H and O–H groups in total. The first-order valence-electron chi connectivity index (χ1n) is 2.26. The van der Waals surface area contributed by atoms with E-state index in [0.29, 0.717) is 12.1 Å². The van der Waals surface area contributed by atoms with Gasteiger partial charge in [0.25, 0.3) is 0 Å². The second kappa shape index (κ2) is 2.31. The Morgan fingerprint density at radius 2 is 2.62 bits per heavy atom. The topological polar surface area (TPSA) is 59.9 Å². The third-order valence-corrected chi connectivity index (χ3v) is 0.829. The Labute approximate surface area is 47.1 Å². The van der Waals surface area contributed by atoms with Gasteiger partial charge in [-0.25, -0.2) is 5.43 Å². The molecular weight excluding hydrogens is 104 g/mol. The van der Waals surface area contributed by atoms with Crippen molar-refractivity contribution in [2.75, 3.05) is 6.54 Å². The van der Waals surface area contributed by atoms with Gasteiger partial charge >= 0.3 is 0 Å². The molecule has 0 bridgehead atoms. The molecule has 1 aliphatic rings. The molecule has 4 nitrogen and oxygen atoms in total. The lowest BCUT2D eigenvalue weighted by Crippen LogP contribution is -2.45. The van der Waals surface area contributed by atoms with Crippen LogP contribution in [0.25, 0.3) is 0 Å². The largest absolute Gasteiger partial charge is 0.314 e. The van der Waals surface area contributed by atoms with E-state index in [1.54, 1.807) is 6.20 Å². The van der Waals surface area contributed by atoms with Crippen LogP contribution in [0.5, 0.6) is 0 Å². The summed E-state index contributed by atoms with van der Waals surface area (Å²) >= 11 is 0. The highest BCUT2D eigenvalue weighted by Gasteiger charge is 1.96. The Kier molecular flexibility index (Phi) is 1.47. The average Bonchev–Trinajstić information content (AvgIpc) is 1.90. The van der Waals surface area contributed by atoms with E-state index in [4.69, 9.17) is 5.26 Å². The highest BCUT2D eigenvalue weighted by atomic mass is 15.6. The molecule has 0 radical (unpaired) electrons. The predicted molar refractivity (Wildman–Crippen MR) is 28.0 cm³/mol. The molecule has 0 aromatic carbocycles. The molecule has 0 fully saturated rings. The molecule has 0 unspecified atom stereocenters. The van der Waals surface area contributed by atoms with Gasteiger partial charge in [0.2, 0.25) is 0 Å². The second-order valence-electron chi connectivity index (χ2n) is 1.40. The molecule has 0 aromatic rings. The van der Waals surface area contributed by atoms with Crippen molar-refractivity contribution in [3.05, 3.63) is 11.8 Å². The molecule has 0 amide bonds. The Morgan fingerprint density at radius 3 is 3.00 bits per heavy atom. The smallest absolute Gasteiger partial charge is 0.0977 e. The van der Waals surface area contributed by atoms with E-state index in [1.165, 1.54) is 0 Å². The Morgan fingerprint density at radius 1 is 1.75 bits per heavy atom. The zero-order valence-corrected chi connectivity index (χ0v) is 4.23. The lowest BCUT2D eigenvalue weighted by molar-refractivity contribution is 0.488. The summed E-state index contributed by atoms with van der Waals surface area (Å²) < 4.78 is 0. The maximum absolute atomic E-state index is 8.26. The molecule has 0 aromatic heterocycles. The van der Waals surface area contributed by atoms with Gasteiger partial charge in [0.15, 0.2) is 0 Å². The van der Waals surface area contributed by atoms with Crippen molar-refractivity contribution in [2.45, 2.75) is 0 Å². The normalized spacial score (nSPS) is 18.1.